The molecular weight excluding hydrogens is 240 g/mol. The summed E-state index contributed by atoms with van der Waals surface area (Å²) in [6, 6.07) is 5.93. The Morgan fingerprint density at radius 2 is 2.23 bits per heavy atom. The van der Waals surface area contributed by atoms with E-state index in [4.69, 9.17) is 11.6 Å². The van der Waals surface area contributed by atoms with Crippen LogP contribution in [0, 0.1) is 0 Å². The molecule has 0 N–H and O–H groups in total. The molecule has 0 nitrogen and oxygen atoms in total. The van der Waals surface area contributed by atoms with Gasteiger partial charge in [0, 0.05) is 10.3 Å². The zero-order chi connectivity index (χ0) is 9.42. The van der Waals surface area contributed by atoms with Gasteiger partial charge in [0.2, 0.25) is 0 Å². The third kappa shape index (κ3) is 1.59. The van der Waals surface area contributed by atoms with E-state index in [1.54, 1.807) is 23.1 Å². The quantitative estimate of drug-likeness (QED) is 0.568. The monoisotopic (exact) mass is 246 g/mol. The highest BCUT2D eigenvalue weighted by Crippen LogP contribution is 2.42. The van der Waals surface area contributed by atoms with E-state index in [1.165, 1.54) is 4.21 Å². The van der Waals surface area contributed by atoms with Crippen LogP contribution >= 0.6 is 47.3 Å². The van der Waals surface area contributed by atoms with Crippen molar-refractivity contribution in [2.45, 2.75) is 9.10 Å². The third-order valence-corrected chi connectivity index (χ3v) is 5.35. The maximum atomic E-state index is 6.07. The molecule has 2 aromatic rings. The van der Waals surface area contributed by atoms with Crippen molar-refractivity contribution in [2.24, 2.45) is 0 Å². The van der Waals surface area contributed by atoms with Crippen LogP contribution in [-0.4, -0.2) is 6.26 Å². The molecule has 0 unspecified atom stereocenters. The first-order valence-corrected chi connectivity index (χ1v) is 6.54. The third-order valence-electron chi connectivity index (χ3n) is 1.80. The summed E-state index contributed by atoms with van der Waals surface area (Å²) >= 11 is 14.0. The molecule has 0 atom stereocenters. The molecule has 0 saturated heterocycles. The van der Waals surface area contributed by atoms with Crippen molar-refractivity contribution < 1.29 is 0 Å². The summed E-state index contributed by atoms with van der Waals surface area (Å²) in [6.07, 6.45) is 2.05. The van der Waals surface area contributed by atoms with Crippen molar-refractivity contribution in [3.05, 3.63) is 23.2 Å². The Kier molecular flexibility index (Phi) is 2.79. The molecule has 2 rings (SSSR count). The molecule has 0 fully saturated rings. The van der Waals surface area contributed by atoms with E-state index in [0.717, 1.165) is 20.0 Å². The van der Waals surface area contributed by atoms with Gasteiger partial charge in [0.05, 0.1) is 13.9 Å². The molecule has 4 heteroatoms. The van der Waals surface area contributed by atoms with Crippen molar-refractivity contribution in [2.75, 3.05) is 6.26 Å². The van der Waals surface area contributed by atoms with Crippen molar-refractivity contribution in [3.63, 3.8) is 0 Å². The lowest BCUT2D eigenvalue weighted by molar-refractivity contribution is 1.47. The van der Waals surface area contributed by atoms with Crippen molar-refractivity contribution in [3.8, 4) is 0 Å². The molecule has 13 heavy (non-hydrogen) atoms. The maximum absolute atomic E-state index is 6.07. The number of hydrogen-bond donors (Lipinski definition) is 1. The highest BCUT2D eigenvalue weighted by atomic mass is 35.5. The zero-order valence-corrected chi connectivity index (χ0v) is 10.2. The van der Waals surface area contributed by atoms with Crippen LogP contribution in [0.4, 0.5) is 0 Å². The number of thioether (sulfide) groups is 1. The number of thiol groups is 1. The topological polar surface area (TPSA) is 0 Å². The average molecular weight is 247 g/mol. The second kappa shape index (κ2) is 3.73. The Labute approximate surface area is 95.7 Å². The Morgan fingerprint density at radius 3 is 2.85 bits per heavy atom. The maximum Gasteiger partial charge on any atom is 0.0742 e. The Bertz CT molecular complexity index is 447. The van der Waals surface area contributed by atoms with E-state index in [9.17, 15) is 0 Å². The standard InChI is InChI=1S/C9H7ClS3/c1-12-9-7(11)5-3-2-4-6(10)8(5)13-9/h2-4,11H,1H3. The summed E-state index contributed by atoms with van der Waals surface area (Å²) in [5.41, 5.74) is 0. The highest BCUT2D eigenvalue weighted by molar-refractivity contribution is 8.01. The minimum atomic E-state index is 0.818. The van der Waals surface area contributed by atoms with Gasteiger partial charge in [-0.15, -0.1) is 35.7 Å². The molecule has 68 valence electrons. The van der Waals surface area contributed by atoms with Gasteiger partial charge in [0.25, 0.3) is 0 Å². The molecule has 0 aliphatic carbocycles. The van der Waals surface area contributed by atoms with Crippen LogP contribution in [0.3, 0.4) is 0 Å². The molecule has 0 saturated carbocycles. The lowest BCUT2D eigenvalue weighted by atomic mass is 10.3. The van der Waals surface area contributed by atoms with Crippen LogP contribution in [0.25, 0.3) is 10.1 Å². The molecule has 0 aliphatic heterocycles. The van der Waals surface area contributed by atoms with E-state index < -0.39 is 0 Å². The average Bonchev–Trinajstić information content (AvgIpc) is 2.45. The first-order valence-electron chi connectivity index (χ1n) is 3.68. The second-order valence-electron chi connectivity index (χ2n) is 2.56. The van der Waals surface area contributed by atoms with Crippen LogP contribution < -0.4 is 0 Å². The predicted molar refractivity (Wildman–Crippen MR) is 65.9 cm³/mol. The minimum absolute atomic E-state index is 0.818. The van der Waals surface area contributed by atoms with Gasteiger partial charge in [0.15, 0.2) is 0 Å². The summed E-state index contributed by atoms with van der Waals surface area (Å²) in [7, 11) is 0. The Hall–Kier alpha value is 0.170. The highest BCUT2D eigenvalue weighted by Gasteiger charge is 2.09. The fourth-order valence-corrected chi connectivity index (χ4v) is 3.88. The number of fused-ring (bicyclic) bond motifs is 1. The minimum Gasteiger partial charge on any atom is -0.141 e. The van der Waals surface area contributed by atoms with Gasteiger partial charge < -0.3 is 0 Å². The second-order valence-corrected chi connectivity index (χ2v) is 5.51. The summed E-state index contributed by atoms with van der Waals surface area (Å²) in [5.74, 6) is 0. The van der Waals surface area contributed by atoms with Gasteiger partial charge in [-0.1, -0.05) is 23.7 Å². The molecular formula is C9H7ClS3. The number of benzene rings is 1. The number of hydrogen-bond acceptors (Lipinski definition) is 3. The molecule has 1 aromatic heterocycles. The van der Waals surface area contributed by atoms with E-state index in [-0.39, 0.29) is 0 Å². The Balaban J connectivity index is 2.83. The molecule has 1 heterocycles. The Morgan fingerprint density at radius 1 is 1.46 bits per heavy atom. The lowest BCUT2D eigenvalue weighted by Gasteiger charge is -1.92. The van der Waals surface area contributed by atoms with E-state index >= 15 is 0 Å². The van der Waals surface area contributed by atoms with Gasteiger partial charge in [-0.05, 0) is 12.3 Å². The fourth-order valence-electron chi connectivity index (χ4n) is 1.19. The molecule has 0 radical (unpaired) electrons. The summed E-state index contributed by atoms with van der Waals surface area (Å²) in [6.45, 7) is 0. The van der Waals surface area contributed by atoms with Crippen molar-refractivity contribution in [1.82, 2.24) is 0 Å². The van der Waals surface area contributed by atoms with E-state index in [1.807, 2.05) is 12.1 Å². The van der Waals surface area contributed by atoms with E-state index in [2.05, 4.69) is 25.0 Å². The SMILES string of the molecule is CSc1sc2c(Cl)cccc2c1S. The van der Waals surface area contributed by atoms with Crippen LogP contribution in [0.15, 0.2) is 27.3 Å². The molecule has 0 aliphatic rings. The number of rotatable bonds is 1. The molecule has 0 amide bonds. The zero-order valence-electron chi connectivity index (χ0n) is 6.87. The number of thiophene rings is 1. The first kappa shape index (κ1) is 9.71. The largest absolute Gasteiger partial charge is 0.141 e. The lowest BCUT2D eigenvalue weighted by Crippen LogP contribution is -1.65. The van der Waals surface area contributed by atoms with Gasteiger partial charge >= 0.3 is 0 Å². The summed E-state index contributed by atoms with van der Waals surface area (Å²) in [4.78, 5) is 1.05. The van der Waals surface area contributed by atoms with Gasteiger partial charge in [-0.3, -0.25) is 0 Å². The molecule has 0 bridgehead atoms. The van der Waals surface area contributed by atoms with Gasteiger partial charge in [0.1, 0.15) is 0 Å². The summed E-state index contributed by atoms with van der Waals surface area (Å²) in [5, 5.41) is 1.98. The van der Waals surface area contributed by atoms with Crippen LogP contribution in [-0.2, 0) is 0 Å². The van der Waals surface area contributed by atoms with Crippen LogP contribution in [0.1, 0.15) is 0 Å². The normalized spacial score (nSPS) is 11.0. The van der Waals surface area contributed by atoms with Crippen LogP contribution in [0.2, 0.25) is 5.02 Å². The fraction of sp³-hybridized carbons (Fsp3) is 0.111. The van der Waals surface area contributed by atoms with E-state index in [0.29, 0.717) is 0 Å². The van der Waals surface area contributed by atoms with Gasteiger partial charge in [-0.2, -0.15) is 0 Å². The van der Waals surface area contributed by atoms with Gasteiger partial charge in [-0.25, -0.2) is 0 Å². The predicted octanol–water partition coefficient (Wildman–Crippen LogP) is 4.57. The molecule has 1 aromatic carbocycles. The van der Waals surface area contributed by atoms with Crippen molar-refractivity contribution in [1.29, 1.82) is 0 Å². The molecule has 0 spiro atoms. The first-order chi connectivity index (χ1) is 6.24. The van der Waals surface area contributed by atoms with Crippen molar-refractivity contribution >= 4 is 57.4 Å². The summed E-state index contributed by atoms with van der Waals surface area (Å²) < 4.78 is 2.37. The smallest absolute Gasteiger partial charge is 0.0742 e. The van der Waals surface area contributed by atoms with Crippen LogP contribution in [0.5, 0.6) is 0 Å². The number of halogens is 1.